The highest BCUT2D eigenvalue weighted by molar-refractivity contribution is 5.84. The smallest absolute Gasteiger partial charge is 0.240 e. The highest BCUT2D eigenvalue weighted by atomic mass is 19.1. The molecule has 0 spiro atoms. The average Bonchev–Trinajstić information content (AvgIpc) is 2.38. The predicted octanol–water partition coefficient (Wildman–Crippen LogP) is 1.13. The van der Waals surface area contributed by atoms with E-state index >= 15 is 0 Å². The van der Waals surface area contributed by atoms with Crippen LogP contribution in [0.25, 0.3) is 0 Å². The molecular weight excluding hydrogens is 233 g/mol. The van der Waals surface area contributed by atoms with Crippen molar-refractivity contribution in [3.63, 3.8) is 0 Å². The second-order valence-electron chi connectivity index (χ2n) is 4.58. The summed E-state index contributed by atoms with van der Waals surface area (Å²) in [5.41, 5.74) is 12.6. The fourth-order valence-corrected chi connectivity index (χ4v) is 2.51. The molecule has 4 nitrogen and oxygen atoms in total. The molecule has 1 aliphatic heterocycles. The lowest BCUT2D eigenvalue weighted by atomic mass is 9.99. The van der Waals surface area contributed by atoms with E-state index in [1.165, 1.54) is 12.1 Å². The van der Waals surface area contributed by atoms with E-state index < -0.39 is 0 Å². The van der Waals surface area contributed by atoms with Crippen LogP contribution in [0.15, 0.2) is 18.2 Å². The second-order valence-corrected chi connectivity index (χ2v) is 4.58. The molecule has 0 aromatic heterocycles. The van der Waals surface area contributed by atoms with Gasteiger partial charge in [-0.3, -0.25) is 4.79 Å². The highest BCUT2D eigenvalue weighted by Gasteiger charge is 2.28. The molecule has 98 valence electrons. The Labute approximate surface area is 106 Å². The Morgan fingerprint density at radius 2 is 2.22 bits per heavy atom. The molecule has 1 fully saturated rings. The summed E-state index contributed by atoms with van der Waals surface area (Å²) in [5.74, 6) is -0.645. The molecule has 4 N–H and O–H groups in total. The predicted molar refractivity (Wildman–Crippen MR) is 68.5 cm³/mol. The Hall–Kier alpha value is -1.62. The lowest BCUT2D eigenvalue weighted by Crippen LogP contribution is -2.48. The Morgan fingerprint density at radius 3 is 2.89 bits per heavy atom. The SMILES string of the molecule is NCc1cc(F)ccc1N1CCCCC1C(N)=O. The number of hydrogen-bond donors (Lipinski definition) is 2. The zero-order valence-electron chi connectivity index (χ0n) is 10.2. The first-order chi connectivity index (χ1) is 8.63. The monoisotopic (exact) mass is 251 g/mol. The summed E-state index contributed by atoms with van der Waals surface area (Å²) < 4.78 is 13.2. The lowest BCUT2D eigenvalue weighted by Gasteiger charge is -2.36. The Morgan fingerprint density at radius 1 is 1.44 bits per heavy atom. The van der Waals surface area contributed by atoms with Crippen molar-refractivity contribution >= 4 is 11.6 Å². The van der Waals surface area contributed by atoms with Gasteiger partial charge in [-0.05, 0) is 43.0 Å². The number of rotatable bonds is 3. The molecule has 1 amide bonds. The van der Waals surface area contributed by atoms with Crippen LogP contribution in [-0.2, 0) is 11.3 Å². The standard InChI is InChI=1S/C13H18FN3O/c14-10-4-5-11(9(7-10)8-15)17-6-2-1-3-12(17)13(16)18/h4-5,7,12H,1-3,6,8,15H2,(H2,16,18). The zero-order chi connectivity index (χ0) is 13.1. The van der Waals surface area contributed by atoms with Gasteiger partial charge in [-0.2, -0.15) is 0 Å². The van der Waals surface area contributed by atoms with Crippen LogP contribution < -0.4 is 16.4 Å². The molecular formula is C13H18FN3O. The van der Waals surface area contributed by atoms with Crippen LogP contribution in [0.4, 0.5) is 10.1 Å². The van der Waals surface area contributed by atoms with Gasteiger partial charge in [0.25, 0.3) is 0 Å². The van der Waals surface area contributed by atoms with Crippen LogP contribution in [0.2, 0.25) is 0 Å². The number of carbonyl (C=O) groups is 1. The van der Waals surface area contributed by atoms with Gasteiger partial charge < -0.3 is 16.4 Å². The first kappa shape index (κ1) is 12.8. The van der Waals surface area contributed by atoms with E-state index in [0.29, 0.717) is 5.56 Å². The van der Waals surface area contributed by atoms with Gasteiger partial charge in [-0.15, -0.1) is 0 Å². The summed E-state index contributed by atoms with van der Waals surface area (Å²) in [6.45, 7) is 1.00. The minimum Gasteiger partial charge on any atom is -0.368 e. The number of primary amides is 1. The molecule has 1 saturated heterocycles. The van der Waals surface area contributed by atoms with E-state index in [0.717, 1.165) is 31.5 Å². The number of amides is 1. The number of benzene rings is 1. The summed E-state index contributed by atoms with van der Waals surface area (Å²) >= 11 is 0. The van der Waals surface area contributed by atoms with Crippen molar-refractivity contribution in [2.75, 3.05) is 11.4 Å². The van der Waals surface area contributed by atoms with Gasteiger partial charge in [-0.25, -0.2) is 4.39 Å². The van der Waals surface area contributed by atoms with Gasteiger partial charge in [0.05, 0.1) is 0 Å². The van der Waals surface area contributed by atoms with Gasteiger partial charge in [0.1, 0.15) is 11.9 Å². The number of halogens is 1. The van der Waals surface area contributed by atoms with E-state index in [-0.39, 0.29) is 24.3 Å². The van der Waals surface area contributed by atoms with Gasteiger partial charge in [-0.1, -0.05) is 0 Å². The Kier molecular flexibility index (Phi) is 3.81. The number of nitrogens with zero attached hydrogens (tertiary/aromatic N) is 1. The van der Waals surface area contributed by atoms with E-state index in [4.69, 9.17) is 11.5 Å². The third-order valence-electron chi connectivity index (χ3n) is 3.40. The molecule has 1 atom stereocenters. The first-order valence-corrected chi connectivity index (χ1v) is 6.18. The minimum atomic E-state index is -0.331. The zero-order valence-corrected chi connectivity index (χ0v) is 10.2. The average molecular weight is 251 g/mol. The first-order valence-electron chi connectivity index (χ1n) is 6.18. The Bertz CT molecular complexity index is 450. The molecule has 0 bridgehead atoms. The van der Waals surface area contributed by atoms with Crippen LogP contribution >= 0.6 is 0 Å². The van der Waals surface area contributed by atoms with Crippen LogP contribution in [0.1, 0.15) is 24.8 Å². The van der Waals surface area contributed by atoms with Gasteiger partial charge in [0, 0.05) is 18.8 Å². The van der Waals surface area contributed by atoms with Crippen molar-refractivity contribution in [3.05, 3.63) is 29.6 Å². The maximum absolute atomic E-state index is 13.2. The van der Waals surface area contributed by atoms with Crippen molar-refractivity contribution in [3.8, 4) is 0 Å². The molecule has 1 aromatic carbocycles. The van der Waals surface area contributed by atoms with Gasteiger partial charge in [0.2, 0.25) is 5.91 Å². The second kappa shape index (κ2) is 5.35. The van der Waals surface area contributed by atoms with Crippen molar-refractivity contribution in [2.24, 2.45) is 11.5 Å². The Balaban J connectivity index is 2.36. The van der Waals surface area contributed by atoms with E-state index in [1.54, 1.807) is 6.07 Å². The molecule has 1 aromatic rings. The van der Waals surface area contributed by atoms with Gasteiger partial charge in [0.15, 0.2) is 0 Å². The molecule has 0 radical (unpaired) electrons. The molecule has 2 rings (SSSR count). The quantitative estimate of drug-likeness (QED) is 0.845. The maximum Gasteiger partial charge on any atom is 0.240 e. The van der Waals surface area contributed by atoms with Crippen molar-refractivity contribution in [1.82, 2.24) is 0 Å². The summed E-state index contributed by atoms with van der Waals surface area (Å²) in [5, 5.41) is 0. The highest BCUT2D eigenvalue weighted by Crippen LogP contribution is 2.28. The lowest BCUT2D eigenvalue weighted by molar-refractivity contribution is -0.119. The van der Waals surface area contributed by atoms with E-state index in [1.807, 2.05) is 4.90 Å². The third-order valence-corrected chi connectivity index (χ3v) is 3.40. The summed E-state index contributed by atoms with van der Waals surface area (Å²) in [7, 11) is 0. The normalized spacial score (nSPS) is 19.9. The van der Waals surface area contributed by atoms with Crippen LogP contribution in [0.5, 0.6) is 0 Å². The fraction of sp³-hybridized carbons (Fsp3) is 0.462. The third kappa shape index (κ3) is 2.46. The number of nitrogens with two attached hydrogens (primary N) is 2. The van der Waals surface area contributed by atoms with Crippen LogP contribution in [-0.4, -0.2) is 18.5 Å². The van der Waals surface area contributed by atoms with Crippen molar-refractivity contribution in [2.45, 2.75) is 31.8 Å². The van der Waals surface area contributed by atoms with Crippen molar-refractivity contribution < 1.29 is 9.18 Å². The molecule has 5 heteroatoms. The number of carbonyl (C=O) groups excluding carboxylic acids is 1. The fourth-order valence-electron chi connectivity index (χ4n) is 2.51. The topological polar surface area (TPSA) is 72.3 Å². The van der Waals surface area contributed by atoms with Crippen LogP contribution in [0.3, 0.4) is 0 Å². The molecule has 0 saturated carbocycles. The summed E-state index contributed by atoms with van der Waals surface area (Å²) in [6.07, 6.45) is 2.74. The molecule has 1 aliphatic rings. The number of anilines is 1. The number of hydrogen-bond acceptors (Lipinski definition) is 3. The largest absolute Gasteiger partial charge is 0.368 e. The molecule has 1 heterocycles. The molecule has 1 unspecified atom stereocenters. The maximum atomic E-state index is 13.2. The van der Waals surface area contributed by atoms with Crippen molar-refractivity contribution in [1.29, 1.82) is 0 Å². The van der Waals surface area contributed by atoms with E-state index in [9.17, 15) is 9.18 Å². The minimum absolute atomic E-state index is 0.245. The summed E-state index contributed by atoms with van der Waals surface area (Å²) in [6, 6.07) is 4.18. The van der Waals surface area contributed by atoms with E-state index in [2.05, 4.69) is 0 Å². The number of piperidine rings is 1. The molecule has 18 heavy (non-hydrogen) atoms. The van der Waals surface area contributed by atoms with Crippen LogP contribution in [0, 0.1) is 5.82 Å². The summed E-state index contributed by atoms with van der Waals surface area (Å²) in [4.78, 5) is 13.4. The van der Waals surface area contributed by atoms with Gasteiger partial charge >= 0.3 is 0 Å². The molecule has 0 aliphatic carbocycles.